The van der Waals surface area contributed by atoms with Crippen molar-refractivity contribution in [1.82, 2.24) is 24.5 Å². The van der Waals surface area contributed by atoms with E-state index in [9.17, 15) is 4.79 Å². The molecule has 0 aliphatic carbocycles. The number of pyridine rings is 1. The largest absolute Gasteiger partial charge is 0.368 e. The van der Waals surface area contributed by atoms with Gasteiger partial charge >= 0.3 is 0 Å². The number of carbonyl (C=O) groups is 1. The van der Waals surface area contributed by atoms with Gasteiger partial charge in [-0.3, -0.25) is 4.79 Å². The molecule has 0 fully saturated rings. The Morgan fingerprint density at radius 2 is 1.66 bits per heavy atom. The number of nitrogens with two attached hydrogens (primary N) is 1. The molecule has 3 heterocycles. The first-order chi connectivity index (χ1) is 16.8. The highest BCUT2D eigenvalue weighted by Crippen LogP contribution is 2.34. The first-order valence-corrected chi connectivity index (χ1v) is 11.2. The number of aromatic nitrogens is 5. The quantitative estimate of drug-likeness (QED) is 0.381. The number of fused-ring (bicyclic) bond motifs is 1. The Morgan fingerprint density at radius 3 is 2.37 bits per heavy atom. The van der Waals surface area contributed by atoms with Crippen molar-refractivity contribution < 1.29 is 4.79 Å². The van der Waals surface area contributed by atoms with Crippen molar-refractivity contribution >= 4 is 28.7 Å². The molecule has 0 aliphatic rings. The van der Waals surface area contributed by atoms with Gasteiger partial charge in [0, 0.05) is 35.3 Å². The third-order valence-corrected chi connectivity index (χ3v) is 5.65. The van der Waals surface area contributed by atoms with Crippen LogP contribution in [0.2, 0.25) is 0 Å². The van der Waals surface area contributed by atoms with E-state index in [-0.39, 0.29) is 17.4 Å². The Bertz CT molecular complexity index is 1520. The highest BCUT2D eigenvalue weighted by molar-refractivity contribution is 6.08. The van der Waals surface area contributed by atoms with E-state index < -0.39 is 0 Å². The van der Waals surface area contributed by atoms with Gasteiger partial charge in [-0.25, -0.2) is 19.9 Å². The van der Waals surface area contributed by atoms with E-state index in [1.165, 1.54) is 0 Å². The Balaban J connectivity index is 1.65. The van der Waals surface area contributed by atoms with E-state index in [2.05, 4.69) is 45.6 Å². The molecule has 1 amide bonds. The molecule has 0 saturated carbocycles. The average Bonchev–Trinajstić information content (AvgIpc) is 3.24. The maximum atomic E-state index is 13.2. The molecule has 3 N–H and O–H groups in total. The summed E-state index contributed by atoms with van der Waals surface area (Å²) in [6.45, 7) is 6.36. The maximum Gasteiger partial charge on any atom is 0.257 e. The molecule has 35 heavy (non-hydrogen) atoms. The third kappa shape index (κ3) is 4.33. The Kier molecular flexibility index (Phi) is 5.49. The van der Waals surface area contributed by atoms with Gasteiger partial charge in [0.25, 0.3) is 5.91 Å². The predicted molar refractivity (Wildman–Crippen MR) is 138 cm³/mol. The summed E-state index contributed by atoms with van der Waals surface area (Å²) in [5, 5.41) is 2.88. The summed E-state index contributed by atoms with van der Waals surface area (Å²) in [7, 11) is 0. The van der Waals surface area contributed by atoms with Crippen molar-refractivity contribution in [2.45, 2.75) is 26.3 Å². The number of hydrogen-bond acceptors (Lipinski definition) is 6. The summed E-state index contributed by atoms with van der Waals surface area (Å²) in [6, 6.07) is 18.9. The molecule has 0 atom stereocenters. The second-order valence-corrected chi connectivity index (χ2v) is 9.19. The van der Waals surface area contributed by atoms with Crippen LogP contribution in [0.4, 0.5) is 11.8 Å². The SMILES string of the molecule is CC(C)(C)n1c(-c2ccccc2C(=O)Nc2ccccn2)nc2cc(-c3cnc(N)nc3)ccc21. The minimum atomic E-state index is -0.291. The highest BCUT2D eigenvalue weighted by Gasteiger charge is 2.25. The van der Waals surface area contributed by atoms with Gasteiger partial charge in [-0.05, 0) is 56.7 Å². The Labute approximate surface area is 202 Å². The average molecular weight is 464 g/mol. The number of carbonyl (C=O) groups excluding carboxylic acids is 1. The van der Waals surface area contributed by atoms with Crippen LogP contribution in [0.25, 0.3) is 33.5 Å². The normalized spacial score (nSPS) is 11.5. The summed E-state index contributed by atoms with van der Waals surface area (Å²) in [5.41, 5.74) is 10.2. The standard InChI is InChI=1S/C27H25N7O/c1-27(2,3)34-22-12-11-17(18-15-30-26(28)31-16-18)14-21(22)32-24(34)19-8-4-5-9-20(19)25(35)33-23-10-6-7-13-29-23/h4-16H,1-3H3,(H2,28,30,31)(H,29,33,35). The third-order valence-electron chi connectivity index (χ3n) is 5.65. The summed E-state index contributed by atoms with van der Waals surface area (Å²) in [5.74, 6) is 1.19. The summed E-state index contributed by atoms with van der Waals surface area (Å²) < 4.78 is 2.17. The zero-order valence-electron chi connectivity index (χ0n) is 19.7. The topological polar surface area (TPSA) is 112 Å². The van der Waals surface area contributed by atoms with Crippen LogP contribution in [0.1, 0.15) is 31.1 Å². The van der Waals surface area contributed by atoms with E-state index in [0.29, 0.717) is 17.2 Å². The zero-order chi connectivity index (χ0) is 24.6. The van der Waals surface area contributed by atoms with E-state index in [0.717, 1.165) is 27.7 Å². The van der Waals surface area contributed by atoms with Crippen LogP contribution in [0.15, 0.2) is 79.3 Å². The van der Waals surface area contributed by atoms with Gasteiger partial charge in [-0.15, -0.1) is 0 Å². The van der Waals surface area contributed by atoms with Gasteiger partial charge in [-0.1, -0.05) is 30.3 Å². The number of nitrogens with zero attached hydrogens (tertiary/aromatic N) is 5. The second kappa shape index (κ2) is 8.64. The van der Waals surface area contributed by atoms with Crippen LogP contribution in [0.3, 0.4) is 0 Å². The molecule has 8 heteroatoms. The highest BCUT2D eigenvalue weighted by atomic mass is 16.1. The lowest BCUT2D eigenvalue weighted by Gasteiger charge is -2.25. The van der Waals surface area contributed by atoms with Crippen LogP contribution in [-0.4, -0.2) is 30.4 Å². The molecule has 5 aromatic rings. The Morgan fingerprint density at radius 1 is 0.914 bits per heavy atom. The summed E-state index contributed by atoms with van der Waals surface area (Å²) in [4.78, 5) is 30.7. The number of nitrogen functional groups attached to an aromatic ring is 1. The van der Waals surface area contributed by atoms with E-state index in [1.807, 2.05) is 42.5 Å². The molecule has 8 nitrogen and oxygen atoms in total. The van der Waals surface area contributed by atoms with Crippen molar-refractivity contribution in [3.63, 3.8) is 0 Å². The second-order valence-electron chi connectivity index (χ2n) is 9.19. The van der Waals surface area contributed by atoms with Gasteiger partial charge in [-0.2, -0.15) is 0 Å². The van der Waals surface area contributed by atoms with Crippen molar-refractivity contribution in [3.05, 3.63) is 84.8 Å². The maximum absolute atomic E-state index is 13.2. The van der Waals surface area contributed by atoms with Crippen LogP contribution in [0, 0.1) is 0 Å². The predicted octanol–water partition coefficient (Wildman–Crippen LogP) is 5.14. The van der Waals surface area contributed by atoms with Crippen molar-refractivity contribution in [2.24, 2.45) is 0 Å². The lowest BCUT2D eigenvalue weighted by atomic mass is 10.0. The molecule has 0 bridgehead atoms. The van der Waals surface area contributed by atoms with Crippen molar-refractivity contribution in [2.75, 3.05) is 11.1 Å². The zero-order valence-corrected chi connectivity index (χ0v) is 19.7. The Hall–Kier alpha value is -4.59. The fourth-order valence-electron chi connectivity index (χ4n) is 4.10. The van der Waals surface area contributed by atoms with Crippen LogP contribution < -0.4 is 11.1 Å². The first-order valence-electron chi connectivity index (χ1n) is 11.2. The van der Waals surface area contributed by atoms with E-state index in [4.69, 9.17) is 10.7 Å². The number of benzene rings is 2. The minimum absolute atomic E-state index is 0.231. The molecular weight excluding hydrogens is 438 g/mol. The van der Waals surface area contributed by atoms with Gasteiger partial charge in [0.2, 0.25) is 5.95 Å². The van der Waals surface area contributed by atoms with Gasteiger partial charge in [0.15, 0.2) is 0 Å². The monoisotopic (exact) mass is 463 g/mol. The number of amides is 1. The lowest BCUT2D eigenvalue weighted by Crippen LogP contribution is -2.23. The molecule has 0 unspecified atom stereocenters. The molecule has 174 valence electrons. The molecule has 5 rings (SSSR count). The lowest BCUT2D eigenvalue weighted by molar-refractivity contribution is 0.102. The molecular formula is C27H25N7O. The fourth-order valence-corrected chi connectivity index (χ4v) is 4.10. The number of rotatable bonds is 4. The molecule has 0 aliphatic heterocycles. The molecule has 0 radical (unpaired) electrons. The number of anilines is 2. The summed E-state index contributed by atoms with van der Waals surface area (Å²) >= 11 is 0. The van der Waals surface area contributed by atoms with Crippen molar-refractivity contribution in [3.8, 4) is 22.5 Å². The first kappa shape index (κ1) is 22.2. The van der Waals surface area contributed by atoms with Crippen LogP contribution >= 0.6 is 0 Å². The molecule has 2 aromatic carbocycles. The number of hydrogen-bond donors (Lipinski definition) is 2. The summed E-state index contributed by atoms with van der Waals surface area (Å²) in [6.07, 6.45) is 5.04. The smallest absolute Gasteiger partial charge is 0.257 e. The van der Waals surface area contributed by atoms with Gasteiger partial charge in [0.05, 0.1) is 16.6 Å². The molecule has 0 saturated heterocycles. The van der Waals surface area contributed by atoms with Gasteiger partial charge in [0.1, 0.15) is 11.6 Å². The van der Waals surface area contributed by atoms with Crippen LogP contribution in [-0.2, 0) is 5.54 Å². The minimum Gasteiger partial charge on any atom is -0.368 e. The fraction of sp³-hybridized carbons (Fsp3) is 0.148. The van der Waals surface area contributed by atoms with Crippen molar-refractivity contribution in [1.29, 1.82) is 0 Å². The number of nitrogens with one attached hydrogen (secondary N) is 1. The molecule has 0 spiro atoms. The van der Waals surface area contributed by atoms with E-state index >= 15 is 0 Å². The number of imidazole rings is 1. The van der Waals surface area contributed by atoms with E-state index in [1.54, 1.807) is 36.8 Å². The van der Waals surface area contributed by atoms with Crippen LogP contribution in [0.5, 0.6) is 0 Å². The molecule has 3 aromatic heterocycles. The van der Waals surface area contributed by atoms with Gasteiger partial charge < -0.3 is 15.6 Å².